The van der Waals surface area contributed by atoms with E-state index >= 15 is 0 Å². The van der Waals surface area contributed by atoms with Crippen molar-refractivity contribution in [1.82, 2.24) is 15.1 Å². The second-order valence-corrected chi connectivity index (χ2v) is 7.28. The molecule has 3 N–H and O–H groups in total. The minimum absolute atomic E-state index is 0.0866. The maximum Gasteiger partial charge on any atom is 0.274 e. The number of nitrogens with one attached hydrogen (secondary N) is 1. The van der Waals surface area contributed by atoms with Crippen LogP contribution in [0.1, 0.15) is 43.6 Å². The Labute approximate surface area is 147 Å². The molecule has 0 aliphatic heterocycles. The summed E-state index contributed by atoms with van der Waals surface area (Å²) in [6, 6.07) is 7.26. The van der Waals surface area contributed by atoms with Crippen LogP contribution in [-0.2, 0) is 6.54 Å². The molecule has 1 heterocycles. The van der Waals surface area contributed by atoms with Crippen molar-refractivity contribution in [2.45, 2.75) is 45.7 Å². The van der Waals surface area contributed by atoms with Gasteiger partial charge in [0.2, 0.25) is 0 Å². The van der Waals surface area contributed by atoms with Crippen LogP contribution in [0.25, 0.3) is 10.8 Å². The number of amides is 1. The van der Waals surface area contributed by atoms with Crippen LogP contribution in [0.2, 0.25) is 0 Å². The van der Waals surface area contributed by atoms with Gasteiger partial charge in [0.25, 0.3) is 11.5 Å². The number of aromatic nitrogens is 2. The lowest BCUT2D eigenvalue weighted by molar-refractivity contribution is 0.0923. The molecule has 1 aliphatic rings. The zero-order chi connectivity index (χ0) is 18.0. The summed E-state index contributed by atoms with van der Waals surface area (Å²) < 4.78 is 1.41. The number of hydrogen-bond donors (Lipinski definition) is 2. The molecule has 2 atom stereocenters. The lowest BCUT2D eigenvalue weighted by Crippen LogP contribution is -2.41. The van der Waals surface area contributed by atoms with E-state index in [0.717, 1.165) is 19.3 Å². The van der Waals surface area contributed by atoms with Crippen LogP contribution in [0.15, 0.2) is 29.1 Å². The molecule has 0 radical (unpaired) electrons. The van der Waals surface area contributed by atoms with E-state index in [1.807, 2.05) is 26.0 Å². The first-order chi connectivity index (χ1) is 12.0. The van der Waals surface area contributed by atoms with Gasteiger partial charge in [-0.15, -0.1) is 0 Å². The van der Waals surface area contributed by atoms with Gasteiger partial charge >= 0.3 is 0 Å². The first-order valence-electron chi connectivity index (χ1n) is 9.02. The highest BCUT2D eigenvalue weighted by Gasteiger charge is 2.29. The second kappa shape index (κ2) is 7.35. The van der Waals surface area contributed by atoms with E-state index in [2.05, 4.69) is 10.4 Å². The molecular formula is C19H26N4O2. The third-order valence-corrected chi connectivity index (χ3v) is 4.90. The molecule has 1 fully saturated rings. The Morgan fingerprint density at radius 2 is 2.04 bits per heavy atom. The smallest absolute Gasteiger partial charge is 0.274 e. The summed E-state index contributed by atoms with van der Waals surface area (Å²) >= 11 is 0. The molecule has 134 valence electrons. The van der Waals surface area contributed by atoms with E-state index in [0.29, 0.717) is 35.5 Å². The van der Waals surface area contributed by atoms with E-state index in [1.54, 1.807) is 12.1 Å². The minimum atomic E-state index is -0.223. The first kappa shape index (κ1) is 17.6. The molecule has 1 aliphatic carbocycles. The van der Waals surface area contributed by atoms with Crippen LogP contribution in [0.3, 0.4) is 0 Å². The quantitative estimate of drug-likeness (QED) is 0.868. The summed E-state index contributed by atoms with van der Waals surface area (Å²) in [6.07, 6.45) is 3.06. The minimum Gasteiger partial charge on any atom is -0.348 e. The fourth-order valence-electron chi connectivity index (χ4n) is 3.62. The van der Waals surface area contributed by atoms with Gasteiger partial charge in [0.1, 0.15) is 0 Å². The average Bonchev–Trinajstić information content (AvgIpc) is 3.04. The first-order valence-corrected chi connectivity index (χ1v) is 9.02. The van der Waals surface area contributed by atoms with Gasteiger partial charge < -0.3 is 11.1 Å². The Kier molecular flexibility index (Phi) is 5.18. The molecule has 0 bridgehead atoms. The summed E-state index contributed by atoms with van der Waals surface area (Å²) in [4.78, 5) is 25.5. The van der Waals surface area contributed by atoms with E-state index < -0.39 is 0 Å². The van der Waals surface area contributed by atoms with Gasteiger partial charge in [-0.3, -0.25) is 9.59 Å². The van der Waals surface area contributed by atoms with E-state index in [1.165, 1.54) is 4.68 Å². The maximum absolute atomic E-state index is 12.9. The number of fused-ring (bicyclic) bond motifs is 1. The molecule has 6 nitrogen and oxygen atoms in total. The number of hydrogen-bond acceptors (Lipinski definition) is 4. The summed E-state index contributed by atoms with van der Waals surface area (Å²) in [5.41, 5.74) is 5.98. The maximum atomic E-state index is 12.9. The van der Waals surface area contributed by atoms with E-state index in [-0.39, 0.29) is 23.4 Å². The van der Waals surface area contributed by atoms with Crippen molar-refractivity contribution >= 4 is 16.7 Å². The SMILES string of the molecule is CC(C)Cn1nc(C(=O)NC2CCCC2CN)c2ccccc2c1=O. The molecule has 2 unspecified atom stereocenters. The molecular weight excluding hydrogens is 316 g/mol. The van der Waals surface area contributed by atoms with Gasteiger partial charge in [0, 0.05) is 18.0 Å². The average molecular weight is 342 g/mol. The van der Waals surface area contributed by atoms with Crippen molar-refractivity contribution in [2.24, 2.45) is 17.6 Å². The predicted octanol–water partition coefficient (Wildman–Crippen LogP) is 1.91. The Bertz CT molecular complexity index is 828. The molecule has 3 rings (SSSR count). The third kappa shape index (κ3) is 3.58. The summed E-state index contributed by atoms with van der Waals surface area (Å²) in [6.45, 7) is 5.10. The van der Waals surface area contributed by atoms with Gasteiger partial charge in [-0.05, 0) is 37.3 Å². The van der Waals surface area contributed by atoms with Crippen molar-refractivity contribution in [1.29, 1.82) is 0 Å². The van der Waals surface area contributed by atoms with Crippen LogP contribution in [-0.4, -0.2) is 28.3 Å². The predicted molar refractivity (Wildman–Crippen MR) is 98.5 cm³/mol. The third-order valence-electron chi connectivity index (χ3n) is 4.90. The molecule has 1 saturated carbocycles. The number of nitrogens with zero attached hydrogens (tertiary/aromatic N) is 2. The zero-order valence-electron chi connectivity index (χ0n) is 14.9. The van der Waals surface area contributed by atoms with Crippen molar-refractivity contribution in [3.63, 3.8) is 0 Å². The van der Waals surface area contributed by atoms with Crippen molar-refractivity contribution in [2.75, 3.05) is 6.54 Å². The largest absolute Gasteiger partial charge is 0.348 e. The fraction of sp³-hybridized carbons (Fsp3) is 0.526. The van der Waals surface area contributed by atoms with Crippen molar-refractivity contribution in [3.05, 3.63) is 40.3 Å². The highest BCUT2D eigenvalue weighted by Crippen LogP contribution is 2.25. The molecule has 6 heteroatoms. The second-order valence-electron chi connectivity index (χ2n) is 7.28. The van der Waals surface area contributed by atoms with E-state index in [9.17, 15) is 9.59 Å². The van der Waals surface area contributed by atoms with Crippen LogP contribution in [0.5, 0.6) is 0 Å². The molecule has 0 spiro atoms. The number of benzene rings is 1. The van der Waals surface area contributed by atoms with Gasteiger partial charge in [0.15, 0.2) is 5.69 Å². The highest BCUT2D eigenvalue weighted by atomic mass is 16.2. The van der Waals surface area contributed by atoms with Crippen molar-refractivity contribution < 1.29 is 4.79 Å². The Hall–Kier alpha value is -2.21. The van der Waals surface area contributed by atoms with Crippen LogP contribution < -0.4 is 16.6 Å². The Morgan fingerprint density at radius 1 is 1.32 bits per heavy atom. The van der Waals surface area contributed by atoms with Crippen LogP contribution >= 0.6 is 0 Å². The van der Waals surface area contributed by atoms with Gasteiger partial charge in [-0.25, -0.2) is 4.68 Å². The Morgan fingerprint density at radius 3 is 2.72 bits per heavy atom. The normalized spacial score (nSPS) is 20.3. The van der Waals surface area contributed by atoms with E-state index in [4.69, 9.17) is 5.73 Å². The lowest BCUT2D eigenvalue weighted by atomic mass is 10.0. The molecule has 1 aromatic heterocycles. The fourth-order valence-corrected chi connectivity index (χ4v) is 3.62. The lowest BCUT2D eigenvalue weighted by Gasteiger charge is -2.20. The molecule has 25 heavy (non-hydrogen) atoms. The Balaban J connectivity index is 2.00. The molecule has 0 saturated heterocycles. The standard InChI is InChI=1S/C19H26N4O2/c1-12(2)11-23-19(25)15-8-4-3-7-14(15)17(22-23)18(24)21-16-9-5-6-13(16)10-20/h3-4,7-8,12-13,16H,5-6,9-11,20H2,1-2H3,(H,21,24). The molecule has 2 aromatic rings. The summed E-state index contributed by atoms with van der Waals surface area (Å²) in [5, 5.41) is 8.62. The summed E-state index contributed by atoms with van der Waals surface area (Å²) in [5.74, 6) is 0.356. The number of rotatable bonds is 5. The number of carbonyl (C=O) groups excluding carboxylic acids is 1. The summed E-state index contributed by atoms with van der Waals surface area (Å²) in [7, 11) is 0. The molecule has 1 amide bonds. The van der Waals surface area contributed by atoms with Crippen LogP contribution in [0, 0.1) is 11.8 Å². The monoisotopic (exact) mass is 342 g/mol. The topological polar surface area (TPSA) is 90.0 Å². The van der Waals surface area contributed by atoms with Gasteiger partial charge in [-0.2, -0.15) is 5.10 Å². The number of carbonyl (C=O) groups is 1. The van der Waals surface area contributed by atoms with Gasteiger partial charge in [-0.1, -0.05) is 38.5 Å². The zero-order valence-corrected chi connectivity index (χ0v) is 14.9. The van der Waals surface area contributed by atoms with Gasteiger partial charge in [0.05, 0.1) is 5.39 Å². The highest BCUT2D eigenvalue weighted by molar-refractivity contribution is 6.04. The number of nitrogens with two attached hydrogens (primary N) is 1. The molecule has 1 aromatic carbocycles. The van der Waals surface area contributed by atoms with Crippen molar-refractivity contribution in [3.8, 4) is 0 Å². The van der Waals surface area contributed by atoms with Crippen LogP contribution in [0.4, 0.5) is 0 Å².